The lowest BCUT2D eigenvalue weighted by molar-refractivity contribution is -0.138. The van der Waals surface area contributed by atoms with Crippen LogP contribution in [0.25, 0.3) is 0 Å². The van der Waals surface area contributed by atoms with Crippen LogP contribution in [0.2, 0.25) is 0 Å². The van der Waals surface area contributed by atoms with Gasteiger partial charge in [-0.25, -0.2) is 0 Å². The molecule has 0 spiro atoms. The number of carbonyl (C=O) groups excluding carboxylic acids is 2. The van der Waals surface area contributed by atoms with Crippen LogP contribution >= 0.6 is 0 Å². The van der Waals surface area contributed by atoms with Crippen LogP contribution in [0.3, 0.4) is 0 Å². The Morgan fingerprint density at radius 1 is 1.41 bits per heavy atom. The van der Waals surface area contributed by atoms with Crippen molar-refractivity contribution in [1.29, 1.82) is 0 Å². The van der Waals surface area contributed by atoms with Gasteiger partial charge in [-0.2, -0.15) is 0 Å². The normalized spacial score (nSPS) is 17.3. The third kappa shape index (κ3) is 6.06. The van der Waals surface area contributed by atoms with Gasteiger partial charge >= 0.3 is 5.97 Å². The third-order valence-corrected chi connectivity index (χ3v) is 5.03. The number of nitrogens with zero attached hydrogens (tertiary/aromatic N) is 1. The van der Waals surface area contributed by atoms with Crippen molar-refractivity contribution in [3.8, 4) is 0 Å². The van der Waals surface area contributed by atoms with Crippen LogP contribution in [-0.2, 0) is 14.4 Å². The second-order valence-electron chi connectivity index (χ2n) is 6.95. The number of para-hydroxylation sites is 1. The molecule has 0 radical (unpaired) electrons. The van der Waals surface area contributed by atoms with Gasteiger partial charge in [-0.1, -0.05) is 25.1 Å². The van der Waals surface area contributed by atoms with E-state index in [2.05, 4.69) is 10.6 Å². The Kier molecular flexibility index (Phi) is 8.26. The highest BCUT2D eigenvalue weighted by atomic mass is 16.4. The minimum atomic E-state index is -0.850. The van der Waals surface area contributed by atoms with Crippen molar-refractivity contribution in [3.63, 3.8) is 0 Å². The fourth-order valence-corrected chi connectivity index (χ4v) is 3.64. The molecule has 2 amide bonds. The van der Waals surface area contributed by atoms with Gasteiger partial charge in [0.05, 0.1) is 5.92 Å². The standard InChI is InChI=1S/C20H29N3O4/c1-2-16(17-6-3-4-7-18(17)22-14-24)20(27)23(11-5-8-19(25)26)13-15-9-10-21-12-15/h3-4,6-7,14-16,21H,2,5,8-13H2,1H3,(H,22,24)(H,25,26). The largest absolute Gasteiger partial charge is 0.481 e. The molecular formula is C20H29N3O4. The fraction of sp³-hybridized carbons (Fsp3) is 0.550. The van der Waals surface area contributed by atoms with Crippen LogP contribution in [-0.4, -0.2) is 54.5 Å². The van der Waals surface area contributed by atoms with Gasteiger partial charge in [0.25, 0.3) is 0 Å². The lowest BCUT2D eigenvalue weighted by atomic mass is 9.92. The number of rotatable bonds is 11. The van der Waals surface area contributed by atoms with E-state index in [1.807, 2.05) is 30.0 Å². The van der Waals surface area contributed by atoms with Gasteiger partial charge in [0.15, 0.2) is 0 Å². The van der Waals surface area contributed by atoms with Gasteiger partial charge in [0.1, 0.15) is 0 Å². The molecule has 1 aromatic rings. The zero-order chi connectivity index (χ0) is 19.6. The van der Waals surface area contributed by atoms with Crippen molar-refractivity contribution in [3.05, 3.63) is 29.8 Å². The Balaban J connectivity index is 2.18. The molecule has 2 rings (SSSR count). The molecule has 1 aliphatic rings. The van der Waals surface area contributed by atoms with E-state index in [9.17, 15) is 14.4 Å². The Morgan fingerprint density at radius 3 is 2.81 bits per heavy atom. The van der Waals surface area contributed by atoms with E-state index in [1.165, 1.54) is 0 Å². The number of carboxylic acids is 1. The number of hydrogen-bond donors (Lipinski definition) is 3. The molecule has 0 aliphatic carbocycles. The quantitative estimate of drug-likeness (QED) is 0.514. The van der Waals surface area contributed by atoms with Crippen LogP contribution < -0.4 is 10.6 Å². The summed E-state index contributed by atoms with van der Waals surface area (Å²) >= 11 is 0. The number of carboxylic acid groups (broad SMARTS) is 1. The van der Waals surface area contributed by atoms with Gasteiger partial charge in [-0.05, 0) is 49.9 Å². The summed E-state index contributed by atoms with van der Waals surface area (Å²) in [5, 5.41) is 14.9. The average molecular weight is 375 g/mol. The lowest BCUT2D eigenvalue weighted by Gasteiger charge is -2.30. The molecule has 27 heavy (non-hydrogen) atoms. The number of aliphatic carboxylic acids is 1. The van der Waals surface area contributed by atoms with Crippen molar-refractivity contribution in [1.82, 2.24) is 10.2 Å². The van der Waals surface area contributed by atoms with E-state index in [-0.39, 0.29) is 18.2 Å². The van der Waals surface area contributed by atoms with E-state index >= 15 is 0 Å². The second kappa shape index (κ2) is 10.7. The Morgan fingerprint density at radius 2 is 2.19 bits per heavy atom. The number of nitrogens with one attached hydrogen (secondary N) is 2. The van der Waals surface area contributed by atoms with Crippen molar-refractivity contribution in [2.75, 3.05) is 31.5 Å². The van der Waals surface area contributed by atoms with E-state index in [4.69, 9.17) is 5.11 Å². The first-order valence-corrected chi connectivity index (χ1v) is 9.57. The maximum atomic E-state index is 13.3. The summed E-state index contributed by atoms with van der Waals surface area (Å²) in [5.74, 6) is -0.833. The first kappa shape index (κ1) is 20.9. The molecule has 2 atom stereocenters. The molecule has 3 N–H and O–H groups in total. The molecule has 1 heterocycles. The summed E-state index contributed by atoms with van der Waals surface area (Å²) in [5.41, 5.74) is 1.44. The van der Waals surface area contributed by atoms with E-state index in [1.54, 1.807) is 6.07 Å². The zero-order valence-corrected chi connectivity index (χ0v) is 15.8. The van der Waals surface area contributed by atoms with E-state index in [0.717, 1.165) is 25.1 Å². The molecule has 1 saturated heterocycles. The number of carbonyl (C=O) groups is 3. The maximum absolute atomic E-state index is 13.3. The molecule has 0 aromatic heterocycles. The molecule has 148 valence electrons. The van der Waals surface area contributed by atoms with Crippen molar-refractivity contribution in [2.45, 2.75) is 38.5 Å². The van der Waals surface area contributed by atoms with Gasteiger partial charge in [-0.15, -0.1) is 0 Å². The topological polar surface area (TPSA) is 98.7 Å². The highest BCUT2D eigenvalue weighted by Gasteiger charge is 2.28. The van der Waals surface area contributed by atoms with Crippen LogP contribution in [0.4, 0.5) is 5.69 Å². The first-order chi connectivity index (χ1) is 13.1. The SMILES string of the molecule is CCC(C(=O)N(CCCC(=O)O)CC1CCNC1)c1ccccc1NC=O. The van der Waals surface area contributed by atoms with Crippen molar-refractivity contribution >= 4 is 24.0 Å². The van der Waals surface area contributed by atoms with E-state index in [0.29, 0.717) is 43.9 Å². The van der Waals surface area contributed by atoms with Gasteiger partial charge in [-0.3, -0.25) is 14.4 Å². The molecule has 2 unspecified atom stereocenters. The molecule has 7 heteroatoms. The monoisotopic (exact) mass is 375 g/mol. The molecule has 0 bridgehead atoms. The van der Waals surface area contributed by atoms with Gasteiger partial charge in [0.2, 0.25) is 12.3 Å². The summed E-state index contributed by atoms with van der Waals surface area (Å²) < 4.78 is 0. The Hall–Kier alpha value is -2.41. The predicted octanol–water partition coefficient (Wildman–Crippen LogP) is 2.05. The third-order valence-electron chi connectivity index (χ3n) is 5.03. The molecule has 1 aliphatic heterocycles. The van der Waals surface area contributed by atoms with Gasteiger partial charge in [0, 0.05) is 25.2 Å². The summed E-state index contributed by atoms with van der Waals surface area (Å²) in [4.78, 5) is 36.9. The molecule has 7 nitrogen and oxygen atoms in total. The van der Waals surface area contributed by atoms with Crippen molar-refractivity contribution in [2.24, 2.45) is 5.92 Å². The van der Waals surface area contributed by atoms with E-state index < -0.39 is 5.97 Å². The second-order valence-corrected chi connectivity index (χ2v) is 6.95. The highest BCUT2D eigenvalue weighted by Crippen LogP contribution is 2.29. The summed E-state index contributed by atoms with van der Waals surface area (Å²) in [6.45, 7) is 4.84. The Bertz CT molecular complexity index is 644. The average Bonchev–Trinajstić information content (AvgIpc) is 3.16. The molecule has 1 fully saturated rings. The summed E-state index contributed by atoms with van der Waals surface area (Å²) in [7, 11) is 0. The summed E-state index contributed by atoms with van der Waals surface area (Å²) in [6.07, 6.45) is 2.72. The zero-order valence-electron chi connectivity index (χ0n) is 15.8. The number of hydrogen-bond acceptors (Lipinski definition) is 4. The predicted molar refractivity (Wildman–Crippen MR) is 104 cm³/mol. The number of benzene rings is 1. The first-order valence-electron chi connectivity index (χ1n) is 9.57. The smallest absolute Gasteiger partial charge is 0.303 e. The van der Waals surface area contributed by atoms with Crippen LogP contribution in [0.15, 0.2) is 24.3 Å². The molecular weight excluding hydrogens is 346 g/mol. The summed E-state index contributed by atoms with van der Waals surface area (Å²) in [6, 6.07) is 7.33. The maximum Gasteiger partial charge on any atom is 0.303 e. The van der Waals surface area contributed by atoms with Crippen LogP contribution in [0.1, 0.15) is 44.1 Å². The minimum absolute atomic E-state index is 0.00469. The van der Waals surface area contributed by atoms with Gasteiger partial charge < -0.3 is 20.6 Å². The number of anilines is 1. The minimum Gasteiger partial charge on any atom is -0.481 e. The lowest BCUT2D eigenvalue weighted by Crippen LogP contribution is -2.40. The molecule has 0 saturated carbocycles. The number of amides is 2. The van der Waals surface area contributed by atoms with Crippen LogP contribution in [0, 0.1) is 5.92 Å². The Labute approximate surface area is 160 Å². The highest BCUT2D eigenvalue weighted by molar-refractivity contribution is 5.87. The van der Waals surface area contributed by atoms with Crippen molar-refractivity contribution < 1.29 is 19.5 Å². The molecule has 1 aromatic carbocycles. The fourth-order valence-electron chi connectivity index (χ4n) is 3.64. The van der Waals surface area contributed by atoms with Crippen LogP contribution in [0.5, 0.6) is 0 Å².